The van der Waals surface area contributed by atoms with Gasteiger partial charge in [0.25, 0.3) is 0 Å². The van der Waals surface area contributed by atoms with Crippen molar-refractivity contribution in [1.82, 2.24) is 5.43 Å². The lowest BCUT2D eigenvalue weighted by Gasteiger charge is -2.20. The zero-order chi connectivity index (χ0) is 15.4. The monoisotopic (exact) mass is 354 g/mol. The lowest BCUT2D eigenvalue weighted by Crippen LogP contribution is -2.29. The molecule has 112 valence electrons. The number of hydrogen-bond acceptors (Lipinski definition) is 4. The van der Waals surface area contributed by atoms with Crippen LogP contribution in [0.4, 0.5) is 4.39 Å². The van der Waals surface area contributed by atoms with Crippen molar-refractivity contribution in [3.63, 3.8) is 0 Å². The zero-order valence-electron chi connectivity index (χ0n) is 11.7. The highest BCUT2D eigenvalue weighted by Gasteiger charge is 2.18. The molecule has 3 N–H and O–H groups in total. The predicted molar refractivity (Wildman–Crippen MR) is 82.8 cm³/mol. The molecule has 1 atom stereocenters. The number of rotatable bonds is 5. The number of hydrazine groups is 1. The average molecular weight is 355 g/mol. The molecule has 1 unspecified atom stereocenters. The van der Waals surface area contributed by atoms with Crippen LogP contribution in [0.15, 0.2) is 40.9 Å². The van der Waals surface area contributed by atoms with E-state index >= 15 is 0 Å². The molecule has 2 rings (SSSR count). The maximum atomic E-state index is 13.6. The van der Waals surface area contributed by atoms with Gasteiger partial charge in [-0.25, -0.2) is 9.82 Å². The number of halogens is 2. The molecule has 0 radical (unpaired) electrons. The highest BCUT2D eigenvalue weighted by Crippen LogP contribution is 2.33. The van der Waals surface area contributed by atoms with E-state index in [1.54, 1.807) is 32.4 Å². The van der Waals surface area contributed by atoms with Gasteiger partial charge in [-0.15, -0.1) is 0 Å². The van der Waals surface area contributed by atoms with Crippen LogP contribution in [0.1, 0.15) is 17.2 Å². The molecular formula is C15H16BrFN2O2. The molecular weight excluding hydrogens is 339 g/mol. The first-order chi connectivity index (χ1) is 10.1. The zero-order valence-corrected chi connectivity index (χ0v) is 13.3. The van der Waals surface area contributed by atoms with Crippen LogP contribution in [0.3, 0.4) is 0 Å². The Bertz CT molecular complexity index is 617. The molecule has 4 nitrogen and oxygen atoms in total. The van der Waals surface area contributed by atoms with Gasteiger partial charge in [0.05, 0.1) is 20.3 Å². The van der Waals surface area contributed by atoms with E-state index in [0.29, 0.717) is 21.5 Å². The fourth-order valence-electron chi connectivity index (χ4n) is 2.16. The van der Waals surface area contributed by atoms with Gasteiger partial charge < -0.3 is 9.47 Å². The Labute approximate surface area is 131 Å². The molecule has 0 saturated carbocycles. The van der Waals surface area contributed by atoms with E-state index in [2.05, 4.69) is 21.4 Å². The van der Waals surface area contributed by atoms with Crippen LogP contribution < -0.4 is 20.7 Å². The Morgan fingerprint density at radius 3 is 2.48 bits per heavy atom. The molecule has 21 heavy (non-hydrogen) atoms. The van der Waals surface area contributed by atoms with Crippen LogP contribution in [0, 0.1) is 5.82 Å². The van der Waals surface area contributed by atoms with Crippen molar-refractivity contribution in [1.29, 1.82) is 0 Å². The van der Waals surface area contributed by atoms with Gasteiger partial charge >= 0.3 is 0 Å². The van der Waals surface area contributed by atoms with Crippen LogP contribution in [0.5, 0.6) is 11.5 Å². The SMILES string of the molecule is COc1ccc(C(NN)c2cc(F)cc(Br)c2)c(OC)c1. The van der Waals surface area contributed by atoms with Crippen molar-refractivity contribution in [2.45, 2.75) is 6.04 Å². The fourth-order valence-corrected chi connectivity index (χ4v) is 2.65. The Kier molecular flexibility index (Phi) is 5.17. The molecule has 0 aromatic heterocycles. The summed E-state index contributed by atoms with van der Waals surface area (Å²) in [4.78, 5) is 0. The van der Waals surface area contributed by atoms with Crippen LogP contribution in [0.25, 0.3) is 0 Å². The summed E-state index contributed by atoms with van der Waals surface area (Å²) in [7, 11) is 3.14. The third-order valence-electron chi connectivity index (χ3n) is 3.14. The molecule has 0 aliphatic rings. The standard InChI is InChI=1S/C15H16BrFN2O2/c1-20-12-3-4-13(14(8-12)21-2)15(19-18)9-5-10(16)7-11(17)6-9/h3-8,15,19H,18H2,1-2H3. The Morgan fingerprint density at radius 1 is 1.14 bits per heavy atom. The van der Waals surface area contributed by atoms with Crippen molar-refractivity contribution in [2.24, 2.45) is 5.84 Å². The van der Waals surface area contributed by atoms with Gasteiger partial charge in [-0.2, -0.15) is 0 Å². The van der Waals surface area contributed by atoms with E-state index in [4.69, 9.17) is 15.3 Å². The smallest absolute Gasteiger partial charge is 0.127 e. The number of ether oxygens (including phenoxy) is 2. The van der Waals surface area contributed by atoms with Gasteiger partial charge in [0.1, 0.15) is 17.3 Å². The van der Waals surface area contributed by atoms with E-state index in [9.17, 15) is 4.39 Å². The van der Waals surface area contributed by atoms with Gasteiger partial charge in [0.15, 0.2) is 0 Å². The first-order valence-electron chi connectivity index (χ1n) is 6.23. The quantitative estimate of drug-likeness (QED) is 0.639. The molecule has 0 aliphatic heterocycles. The van der Waals surface area contributed by atoms with Crippen LogP contribution >= 0.6 is 15.9 Å². The first kappa shape index (κ1) is 15.8. The van der Waals surface area contributed by atoms with Crippen molar-refractivity contribution in [2.75, 3.05) is 14.2 Å². The van der Waals surface area contributed by atoms with Gasteiger partial charge in [0.2, 0.25) is 0 Å². The van der Waals surface area contributed by atoms with E-state index in [0.717, 1.165) is 5.56 Å². The van der Waals surface area contributed by atoms with E-state index in [-0.39, 0.29) is 5.82 Å². The number of benzene rings is 2. The second-order valence-corrected chi connectivity index (χ2v) is 5.33. The second-order valence-electron chi connectivity index (χ2n) is 4.41. The van der Waals surface area contributed by atoms with Crippen molar-refractivity contribution in [3.05, 3.63) is 57.8 Å². The van der Waals surface area contributed by atoms with Gasteiger partial charge in [0, 0.05) is 16.1 Å². The van der Waals surface area contributed by atoms with Crippen LogP contribution in [0.2, 0.25) is 0 Å². The van der Waals surface area contributed by atoms with Gasteiger partial charge in [-0.1, -0.05) is 15.9 Å². The lowest BCUT2D eigenvalue weighted by molar-refractivity contribution is 0.387. The average Bonchev–Trinajstić information content (AvgIpc) is 2.47. The molecule has 0 fully saturated rings. The molecule has 0 spiro atoms. The first-order valence-corrected chi connectivity index (χ1v) is 7.02. The Morgan fingerprint density at radius 2 is 1.90 bits per heavy atom. The molecule has 0 amide bonds. The highest BCUT2D eigenvalue weighted by molar-refractivity contribution is 9.10. The van der Waals surface area contributed by atoms with Gasteiger partial charge in [-0.3, -0.25) is 5.84 Å². The summed E-state index contributed by atoms with van der Waals surface area (Å²) in [6.45, 7) is 0. The number of hydrogen-bond donors (Lipinski definition) is 2. The topological polar surface area (TPSA) is 56.5 Å². The van der Waals surface area contributed by atoms with Crippen molar-refractivity contribution >= 4 is 15.9 Å². The maximum Gasteiger partial charge on any atom is 0.127 e. The lowest BCUT2D eigenvalue weighted by atomic mass is 9.98. The number of nitrogens with two attached hydrogens (primary N) is 1. The molecule has 2 aromatic rings. The molecule has 0 bridgehead atoms. The summed E-state index contributed by atoms with van der Waals surface area (Å²) < 4.78 is 24.8. The van der Waals surface area contributed by atoms with Gasteiger partial charge in [-0.05, 0) is 35.9 Å². The Hall–Kier alpha value is -1.63. The van der Waals surface area contributed by atoms with E-state index < -0.39 is 6.04 Å². The van der Waals surface area contributed by atoms with Crippen molar-refractivity contribution in [3.8, 4) is 11.5 Å². The molecule has 0 heterocycles. The minimum absolute atomic E-state index is 0.341. The minimum Gasteiger partial charge on any atom is -0.497 e. The summed E-state index contributed by atoms with van der Waals surface area (Å²) >= 11 is 3.28. The third kappa shape index (κ3) is 3.53. The summed E-state index contributed by atoms with van der Waals surface area (Å²) in [5.41, 5.74) is 4.17. The van der Waals surface area contributed by atoms with E-state index in [1.807, 2.05) is 6.07 Å². The van der Waals surface area contributed by atoms with Crippen molar-refractivity contribution < 1.29 is 13.9 Å². The Balaban J connectivity index is 2.50. The molecule has 0 aliphatic carbocycles. The minimum atomic E-state index is -0.405. The number of nitrogens with one attached hydrogen (secondary N) is 1. The molecule has 0 saturated heterocycles. The molecule has 2 aromatic carbocycles. The highest BCUT2D eigenvalue weighted by atomic mass is 79.9. The summed E-state index contributed by atoms with van der Waals surface area (Å²) in [5, 5.41) is 0. The van der Waals surface area contributed by atoms with E-state index in [1.165, 1.54) is 12.1 Å². The second kappa shape index (κ2) is 6.89. The summed E-state index contributed by atoms with van der Waals surface area (Å²) in [6.07, 6.45) is 0. The normalized spacial score (nSPS) is 12.0. The predicted octanol–water partition coefficient (Wildman–Crippen LogP) is 3.16. The van der Waals surface area contributed by atoms with Crippen LogP contribution in [-0.2, 0) is 0 Å². The fraction of sp³-hybridized carbons (Fsp3) is 0.200. The summed E-state index contributed by atoms with van der Waals surface area (Å²) in [6, 6.07) is 9.61. The number of methoxy groups -OCH3 is 2. The molecule has 6 heteroatoms. The largest absolute Gasteiger partial charge is 0.497 e. The maximum absolute atomic E-state index is 13.6. The third-order valence-corrected chi connectivity index (χ3v) is 3.59. The summed E-state index contributed by atoms with van der Waals surface area (Å²) in [5.74, 6) is 6.60. The van der Waals surface area contributed by atoms with Crippen LogP contribution in [-0.4, -0.2) is 14.2 Å².